The lowest BCUT2D eigenvalue weighted by atomic mass is 9.98. The monoisotopic (exact) mass is 200 g/mol. The van der Waals surface area contributed by atoms with Gasteiger partial charge in [0.25, 0.3) is 0 Å². The molecule has 0 aromatic rings. The molecule has 0 bridgehead atoms. The summed E-state index contributed by atoms with van der Waals surface area (Å²) in [5.74, 6) is 0.574. The molecule has 0 saturated carbocycles. The van der Waals surface area contributed by atoms with E-state index >= 15 is 0 Å². The molecule has 0 fully saturated rings. The van der Waals surface area contributed by atoms with Crippen molar-refractivity contribution in [2.45, 2.75) is 26.8 Å². The summed E-state index contributed by atoms with van der Waals surface area (Å²) in [6.07, 6.45) is 5.16. The summed E-state index contributed by atoms with van der Waals surface area (Å²) in [5.41, 5.74) is 1.32. The van der Waals surface area contributed by atoms with Gasteiger partial charge in [0, 0.05) is 6.04 Å². The van der Waals surface area contributed by atoms with Crippen molar-refractivity contribution >= 4 is 13.8 Å². The first-order chi connectivity index (χ1) is 5.86. The van der Waals surface area contributed by atoms with Crippen molar-refractivity contribution in [2.24, 2.45) is 5.92 Å². The highest BCUT2D eigenvalue weighted by atomic mass is 31.1. The van der Waals surface area contributed by atoms with Crippen LogP contribution in [0.3, 0.4) is 0 Å². The third kappa shape index (κ3) is 4.59. The molecule has 0 aliphatic rings. The molecule has 0 aliphatic carbocycles. The molecule has 0 spiro atoms. The zero-order valence-corrected chi connectivity index (χ0v) is 10.6. The van der Waals surface area contributed by atoms with Crippen molar-refractivity contribution in [3.8, 4) is 0 Å². The molecular weight excluding hydrogens is 177 g/mol. The molecule has 76 valence electrons. The molecule has 2 atom stereocenters. The highest BCUT2D eigenvalue weighted by molar-refractivity contribution is 7.54. The molecule has 2 unspecified atom stereocenters. The van der Waals surface area contributed by atoms with Crippen LogP contribution in [-0.2, 0) is 0 Å². The summed E-state index contributed by atoms with van der Waals surface area (Å²) in [4.78, 5) is 2.35. The second-order valence-corrected chi connectivity index (χ2v) is 6.16. The molecule has 0 N–H and O–H groups in total. The maximum Gasteiger partial charge on any atom is 0.159 e. The van der Waals surface area contributed by atoms with E-state index in [-0.39, 0.29) is 7.55 Å². The van der Waals surface area contributed by atoms with E-state index in [1.165, 1.54) is 5.57 Å². The van der Waals surface area contributed by atoms with Gasteiger partial charge in [0.15, 0.2) is 6.29 Å². The van der Waals surface area contributed by atoms with Gasteiger partial charge >= 0.3 is 0 Å². The predicted molar refractivity (Wildman–Crippen MR) is 66.0 cm³/mol. The van der Waals surface area contributed by atoms with Gasteiger partial charge in [-0.15, -0.1) is 0 Å². The van der Waals surface area contributed by atoms with Gasteiger partial charge < -0.3 is 0 Å². The van der Waals surface area contributed by atoms with Crippen molar-refractivity contribution < 1.29 is 0 Å². The topological polar surface area (TPSA) is 3.24 Å². The first kappa shape index (κ1) is 12.9. The minimum atomic E-state index is -0.0816. The fraction of sp³-hybridized carbons (Fsp3) is 0.727. The van der Waals surface area contributed by atoms with E-state index in [0.717, 1.165) is 6.29 Å². The average molecular weight is 200 g/mol. The third-order valence-electron chi connectivity index (χ3n) is 2.40. The minimum Gasteiger partial charge on any atom is -0.262 e. The Kier molecular flexibility index (Phi) is 5.51. The van der Waals surface area contributed by atoms with E-state index in [1.54, 1.807) is 0 Å². The predicted octanol–water partition coefficient (Wildman–Crippen LogP) is 3.02. The molecule has 0 heterocycles. The average Bonchev–Trinajstić information content (AvgIpc) is 2.00. The third-order valence-corrected chi connectivity index (χ3v) is 3.33. The van der Waals surface area contributed by atoms with Gasteiger partial charge in [-0.2, -0.15) is 0 Å². The summed E-state index contributed by atoms with van der Waals surface area (Å²) in [6, 6.07) is 0.478. The Hall–Kier alpha value is -0.130. The molecular formula is C11H23NP+. The van der Waals surface area contributed by atoms with Crippen molar-refractivity contribution in [3.63, 3.8) is 0 Å². The van der Waals surface area contributed by atoms with Crippen LogP contribution < -0.4 is 0 Å². The Balaban J connectivity index is 4.17. The fourth-order valence-corrected chi connectivity index (χ4v) is 2.28. The van der Waals surface area contributed by atoms with Crippen LogP contribution in [0.25, 0.3) is 0 Å². The largest absolute Gasteiger partial charge is 0.262 e. The summed E-state index contributed by atoms with van der Waals surface area (Å²) in [6.45, 7) is 13.0. The quantitative estimate of drug-likeness (QED) is 0.487. The lowest BCUT2D eigenvalue weighted by Gasteiger charge is -2.25. The lowest BCUT2D eigenvalue weighted by molar-refractivity contribution is 0.321. The summed E-state index contributed by atoms with van der Waals surface area (Å²) in [7, 11) is 2.07. The van der Waals surface area contributed by atoms with Crippen LogP contribution in [0.4, 0.5) is 0 Å². The van der Waals surface area contributed by atoms with Gasteiger partial charge in [0.05, 0.1) is 20.5 Å². The molecule has 0 radical (unpaired) electrons. The van der Waals surface area contributed by atoms with Crippen molar-refractivity contribution in [1.82, 2.24) is 4.90 Å². The van der Waals surface area contributed by atoms with Crippen LogP contribution in [0.15, 0.2) is 12.2 Å². The lowest BCUT2D eigenvalue weighted by Crippen LogP contribution is -2.31. The minimum absolute atomic E-state index is 0.0816. The van der Waals surface area contributed by atoms with E-state index in [4.69, 9.17) is 0 Å². The summed E-state index contributed by atoms with van der Waals surface area (Å²) in [5, 5.41) is 0. The maximum absolute atomic E-state index is 4.13. The van der Waals surface area contributed by atoms with E-state index < -0.39 is 0 Å². The van der Waals surface area contributed by atoms with Gasteiger partial charge in [-0.05, 0) is 19.9 Å². The van der Waals surface area contributed by atoms with Gasteiger partial charge in [-0.3, -0.25) is 4.90 Å². The van der Waals surface area contributed by atoms with Crippen LogP contribution in [0.2, 0.25) is 0 Å². The molecule has 0 amide bonds. The first-order valence-corrected chi connectivity index (χ1v) is 6.92. The molecule has 0 aromatic heterocycles. The van der Waals surface area contributed by atoms with Crippen LogP contribution >= 0.6 is 7.55 Å². The first-order valence-electron chi connectivity index (χ1n) is 4.76. The molecule has 0 aliphatic heterocycles. The maximum atomic E-state index is 4.13. The van der Waals surface area contributed by atoms with Crippen LogP contribution in [-0.4, -0.2) is 37.2 Å². The zero-order valence-electron chi connectivity index (χ0n) is 9.67. The number of rotatable bonds is 5. The summed E-state index contributed by atoms with van der Waals surface area (Å²) >= 11 is 0. The zero-order chi connectivity index (χ0) is 10.6. The van der Waals surface area contributed by atoms with Crippen molar-refractivity contribution in [2.75, 3.05) is 20.0 Å². The molecule has 2 heteroatoms. The Morgan fingerprint density at radius 1 is 1.38 bits per heavy atom. The highest BCUT2D eigenvalue weighted by Crippen LogP contribution is 2.21. The standard InChI is InChI=1S/C11H23NP/c1-9(2)10(3)11(4)12(5)8-13(6)7/h9,11H,3,6,8H2,1-2,4-5,7H3/q+1. The van der Waals surface area contributed by atoms with Crippen LogP contribution in [0, 0.1) is 5.92 Å². The normalized spacial score (nSPS) is 14.8. The van der Waals surface area contributed by atoms with E-state index in [2.05, 4.69) is 52.3 Å². The number of nitrogens with zero attached hydrogens (tertiary/aromatic N) is 1. The van der Waals surface area contributed by atoms with Gasteiger partial charge in [-0.25, -0.2) is 0 Å². The Morgan fingerprint density at radius 2 is 1.85 bits per heavy atom. The van der Waals surface area contributed by atoms with Crippen LogP contribution in [0.1, 0.15) is 20.8 Å². The van der Waals surface area contributed by atoms with E-state index in [9.17, 15) is 0 Å². The van der Waals surface area contributed by atoms with Crippen molar-refractivity contribution in [3.05, 3.63) is 12.2 Å². The van der Waals surface area contributed by atoms with E-state index in [0.29, 0.717) is 12.0 Å². The van der Waals surface area contributed by atoms with Crippen LogP contribution in [0.5, 0.6) is 0 Å². The number of likely N-dealkylation sites (N-methyl/N-ethyl adjacent to an activating group) is 1. The molecule has 0 saturated heterocycles. The Bertz CT molecular complexity index is 196. The molecule has 0 aromatic carbocycles. The van der Waals surface area contributed by atoms with Crippen molar-refractivity contribution in [1.29, 1.82) is 0 Å². The van der Waals surface area contributed by atoms with Gasteiger partial charge in [0.1, 0.15) is 0 Å². The van der Waals surface area contributed by atoms with E-state index in [1.807, 2.05) is 0 Å². The number of hydrogen-bond donors (Lipinski definition) is 0. The Morgan fingerprint density at radius 3 is 2.15 bits per heavy atom. The van der Waals surface area contributed by atoms with Gasteiger partial charge in [0.2, 0.25) is 0 Å². The SMILES string of the molecule is C=C(C(C)C)C(C)N(C)C[P+](=C)C. The highest BCUT2D eigenvalue weighted by Gasteiger charge is 2.17. The second kappa shape index (κ2) is 5.57. The molecule has 0 rings (SSSR count). The smallest absolute Gasteiger partial charge is 0.159 e. The Labute approximate surface area is 84.2 Å². The van der Waals surface area contributed by atoms with Gasteiger partial charge in [-0.1, -0.05) is 26.0 Å². The molecule has 1 nitrogen and oxygen atoms in total. The fourth-order valence-electron chi connectivity index (χ4n) is 1.27. The molecule has 13 heavy (non-hydrogen) atoms. The number of hydrogen-bond acceptors (Lipinski definition) is 1. The second-order valence-electron chi connectivity index (χ2n) is 4.16. The summed E-state index contributed by atoms with van der Waals surface area (Å²) < 4.78 is 0.